The fourth-order valence-corrected chi connectivity index (χ4v) is 2.78. The molecule has 1 amide bonds. The van der Waals surface area contributed by atoms with Crippen LogP contribution in [0.5, 0.6) is 5.75 Å². The number of hydrogen-bond acceptors (Lipinski definition) is 4. The van der Waals surface area contributed by atoms with Gasteiger partial charge in [0.2, 0.25) is 0 Å². The predicted octanol–water partition coefficient (Wildman–Crippen LogP) is 4.49. The van der Waals surface area contributed by atoms with Crippen molar-refractivity contribution in [2.75, 3.05) is 11.2 Å². The van der Waals surface area contributed by atoms with Crippen molar-refractivity contribution in [2.24, 2.45) is 0 Å². The first-order chi connectivity index (χ1) is 12.1. The summed E-state index contributed by atoms with van der Waals surface area (Å²) in [6.45, 7) is 1.86. The van der Waals surface area contributed by atoms with E-state index in [2.05, 4.69) is 5.32 Å². The van der Waals surface area contributed by atoms with Crippen molar-refractivity contribution >= 4 is 34.4 Å². The zero-order chi connectivity index (χ0) is 17.8. The molecule has 0 spiro atoms. The van der Waals surface area contributed by atoms with E-state index < -0.39 is 11.7 Å². The first kappa shape index (κ1) is 17.0. The number of rotatable bonds is 4. The maximum Gasteiger partial charge on any atom is 0.417 e. The Kier molecular flexibility index (Phi) is 5.05. The van der Waals surface area contributed by atoms with Gasteiger partial charge in [-0.05, 0) is 43.2 Å². The molecule has 0 radical (unpaired) electrons. The Morgan fingerprint density at radius 3 is 2.68 bits per heavy atom. The number of amides is 1. The Morgan fingerprint density at radius 2 is 1.96 bits per heavy atom. The van der Waals surface area contributed by atoms with Gasteiger partial charge >= 0.3 is 11.7 Å². The van der Waals surface area contributed by atoms with Crippen LogP contribution < -0.4 is 15.7 Å². The third-order valence-electron chi connectivity index (χ3n) is 3.83. The van der Waals surface area contributed by atoms with Crippen LogP contribution in [0.2, 0.25) is 0 Å². The van der Waals surface area contributed by atoms with Gasteiger partial charge in [-0.2, -0.15) is 0 Å². The molecule has 0 bridgehead atoms. The maximum absolute atomic E-state index is 12.1. The lowest BCUT2D eigenvalue weighted by Gasteiger charge is -2.09. The lowest BCUT2D eigenvalue weighted by Crippen LogP contribution is -2.16. The van der Waals surface area contributed by atoms with Crippen LogP contribution in [-0.2, 0) is 6.42 Å². The Balaban J connectivity index is 1.85. The predicted molar refractivity (Wildman–Crippen MR) is 97.7 cm³/mol. The highest BCUT2D eigenvalue weighted by molar-refractivity contribution is 6.18. The number of ether oxygens (including phenoxy) is 1. The zero-order valence-electron chi connectivity index (χ0n) is 13.5. The van der Waals surface area contributed by atoms with Crippen LogP contribution in [0, 0.1) is 6.92 Å². The second kappa shape index (κ2) is 7.40. The second-order valence-corrected chi connectivity index (χ2v) is 5.85. The number of para-hydroxylation sites is 1. The highest BCUT2D eigenvalue weighted by atomic mass is 35.5. The molecule has 1 aromatic heterocycles. The van der Waals surface area contributed by atoms with Gasteiger partial charge in [-0.25, -0.2) is 9.59 Å². The monoisotopic (exact) mass is 357 g/mol. The number of halogens is 1. The van der Waals surface area contributed by atoms with E-state index in [-0.39, 0.29) is 0 Å². The molecule has 6 heteroatoms. The van der Waals surface area contributed by atoms with E-state index in [1.807, 2.05) is 13.0 Å². The summed E-state index contributed by atoms with van der Waals surface area (Å²) in [7, 11) is 0. The maximum atomic E-state index is 12.1. The lowest BCUT2D eigenvalue weighted by molar-refractivity contribution is 0.215. The van der Waals surface area contributed by atoms with Crippen LogP contribution in [0.1, 0.15) is 11.1 Å². The van der Waals surface area contributed by atoms with Gasteiger partial charge in [0.05, 0.1) is 0 Å². The second-order valence-electron chi connectivity index (χ2n) is 5.47. The van der Waals surface area contributed by atoms with Gasteiger partial charge in [0, 0.05) is 28.6 Å². The average molecular weight is 358 g/mol. The van der Waals surface area contributed by atoms with Crippen molar-refractivity contribution in [3.8, 4) is 5.75 Å². The molecule has 0 saturated carbocycles. The standard InChI is InChI=1S/C19H16ClNO4/c1-12-15-8-7-13(11-17(15)25-18(22)16(12)9-10-20)21-19(23)24-14-5-3-2-4-6-14/h2-8,11H,9-10H2,1H3,(H,21,23). The van der Waals surface area contributed by atoms with Crippen LogP contribution in [0.4, 0.5) is 10.5 Å². The molecule has 1 N–H and O–H groups in total. The number of benzene rings is 2. The third kappa shape index (κ3) is 3.83. The number of anilines is 1. The van der Waals surface area contributed by atoms with Crippen LogP contribution in [0.15, 0.2) is 57.7 Å². The van der Waals surface area contributed by atoms with Crippen LogP contribution in [0.3, 0.4) is 0 Å². The van der Waals surface area contributed by atoms with Crippen LogP contribution in [0.25, 0.3) is 11.0 Å². The van der Waals surface area contributed by atoms with Gasteiger partial charge in [-0.1, -0.05) is 18.2 Å². The smallest absolute Gasteiger partial charge is 0.417 e. The number of carbonyl (C=O) groups is 1. The van der Waals surface area contributed by atoms with Crippen LogP contribution in [-0.4, -0.2) is 12.0 Å². The molecule has 0 atom stereocenters. The quantitative estimate of drug-likeness (QED) is 0.551. The number of alkyl halides is 1. The SMILES string of the molecule is Cc1c(CCCl)c(=O)oc2cc(NC(=O)Oc3ccccc3)ccc12. The number of nitrogens with one attached hydrogen (secondary N) is 1. The van der Waals surface area contributed by atoms with E-state index in [4.69, 9.17) is 20.8 Å². The topological polar surface area (TPSA) is 68.5 Å². The van der Waals surface area contributed by atoms with Crippen molar-refractivity contribution in [3.05, 3.63) is 70.1 Å². The summed E-state index contributed by atoms with van der Waals surface area (Å²) >= 11 is 5.74. The van der Waals surface area contributed by atoms with Gasteiger partial charge in [0.25, 0.3) is 0 Å². The van der Waals surface area contributed by atoms with E-state index in [0.29, 0.717) is 34.9 Å². The molecule has 2 aromatic carbocycles. The summed E-state index contributed by atoms with van der Waals surface area (Å²) in [6, 6.07) is 13.9. The summed E-state index contributed by atoms with van der Waals surface area (Å²) in [5.41, 5.74) is 1.88. The van der Waals surface area contributed by atoms with Crippen molar-refractivity contribution in [1.82, 2.24) is 0 Å². The molecule has 1 heterocycles. The van der Waals surface area contributed by atoms with E-state index in [1.165, 1.54) is 0 Å². The van der Waals surface area contributed by atoms with Crippen LogP contribution >= 0.6 is 11.6 Å². The number of fused-ring (bicyclic) bond motifs is 1. The normalized spacial score (nSPS) is 10.6. The van der Waals surface area contributed by atoms with E-state index >= 15 is 0 Å². The van der Waals surface area contributed by atoms with Gasteiger partial charge in [0.1, 0.15) is 11.3 Å². The van der Waals surface area contributed by atoms with Gasteiger partial charge in [-0.15, -0.1) is 11.6 Å². The largest absolute Gasteiger partial charge is 0.422 e. The molecule has 0 fully saturated rings. The molecule has 0 aliphatic rings. The van der Waals surface area contributed by atoms with Gasteiger partial charge in [0.15, 0.2) is 0 Å². The van der Waals surface area contributed by atoms with E-state index in [0.717, 1.165) is 10.9 Å². The highest BCUT2D eigenvalue weighted by Crippen LogP contribution is 2.23. The Hall–Kier alpha value is -2.79. The molecule has 25 heavy (non-hydrogen) atoms. The number of aryl methyl sites for hydroxylation is 1. The first-order valence-electron chi connectivity index (χ1n) is 7.74. The Morgan fingerprint density at radius 1 is 1.20 bits per heavy atom. The van der Waals surface area contributed by atoms with Crippen molar-refractivity contribution in [1.29, 1.82) is 0 Å². The highest BCUT2D eigenvalue weighted by Gasteiger charge is 2.12. The average Bonchev–Trinajstić information content (AvgIpc) is 2.59. The van der Waals surface area contributed by atoms with Gasteiger partial charge in [-0.3, -0.25) is 5.32 Å². The molecular weight excluding hydrogens is 342 g/mol. The summed E-state index contributed by atoms with van der Waals surface area (Å²) in [5, 5.41) is 3.42. The third-order valence-corrected chi connectivity index (χ3v) is 4.02. The van der Waals surface area contributed by atoms with Gasteiger partial charge < -0.3 is 9.15 Å². The van der Waals surface area contributed by atoms with Crippen molar-refractivity contribution < 1.29 is 13.9 Å². The fraction of sp³-hybridized carbons (Fsp3) is 0.158. The summed E-state index contributed by atoms with van der Waals surface area (Å²) in [4.78, 5) is 24.0. The van der Waals surface area contributed by atoms with E-state index in [9.17, 15) is 9.59 Å². The molecular formula is C19H16ClNO4. The molecule has 5 nitrogen and oxygen atoms in total. The summed E-state index contributed by atoms with van der Waals surface area (Å²) < 4.78 is 10.5. The molecule has 3 aromatic rings. The summed E-state index contributed by atoms with van der Waals surface area (Å²) in [5.74, 6) is 0.788. The summed E-state index contributed by atoms with van der Waals surface area (Å²) in [6.07, 6.45) is -0.168. The minimum Gasteiger partial charge on any atom is -0.422 e. The van der Waals surface area contributed by atoms with Crippen molar-refractivity contribution in [3.63, 3.8) is 0 Å². The number of hydrogen-bond donors (Lipinski definition) is 1. The minimum atomic E-state index is -0.622. The Bertz CT molecular complexity index is 966. The first-order valence-corrected chi connectivity index (χ1v) is 8.28. The molecule has 0 unspecified atom stereocenters. The molecule has 3 rings (SSSR count). The fourth-order valence-electron chi connectivity index (χ4n) is 2.59. The minimum absolute atomic E-state index is 0.349. The zero-order valence-corrected chi connectivity index (χ0v) is 14.3. The molecule has 0 aliphatic heterocycles. The lowest BCUT2D eigenvalue weighted by atomic mass is 10.0. The molecule has 128 valence electrons. The van der Waals surface area contributed by atoms with E-state index in [1.54, 1.807) is 42.5 Å². The molecule has 0 aliphatic carbocycles. The number of carbonyl (C=O) groups excluding carboxylic acids is 1. The Labute approximate surface area is 149 Å². The molecule has 0 saturated heterocycles. The van der Waals surface area contributed by atoms with Crippen molar-refractivity contribution in [2.45, 2.75) is 13.3 Å².